The summed E-state index contributed by atoms with van der Waals surface area (Å²) in [6, 6.07) is 0. The average Bonchev–Trinajstić information content (AvgIpc) is 2.88. The first-order valence-corrected chi connectivity index (χ1v) is 5.12. The summed E-state index contributed by atoms with van der Waals surface area (Å²) >= 11 is 1.23. The molecule has 2 aromatic rings. The van der Waals surface area contributed by atoms with Gasteiger partial charge in [-0.1, -0.05) is 4.49 Å². The number of aryl methyl sites for hydroxylation is 1. The van der Waals surface area contributed by atoms with E-state index in [0.717, 1.165) is 12.1 Å². The Morgan fingerprint density at radius 1 is 1.64 bits per heavy atom. The molecule has 5 nitrogen and oxygen atoms in total. The second-order valence-electron chi connectivity index (χ2n) is 2.86. The molecule has 0 saturated heterocycles. The van der Waals surface area contributed by atoms with E-state index < -0.39 is 6.10 Å². The van der Waals surface area contributed by atoms with E-state index in [-0.39, 0.29) is 0 Å². The van der Waals surface area contributed by atoms with Crippen LogP contribution in [0.3, 0.4) is 0 Å². The fourth-order valence-corrected chi connectivity index (χ4v) is 1.63. The summed E-state index contributed by atoms with van der Waals surface area (Å²) in [5, 5.41) is 19.5. The van der Waals surface area contributed by atoms with E-state index in [1.165, 1.54) is 11.5 Å². The molecule has 6 heteroatoms. The van der Waals surface area contributed by atoms with E-state index in [9.17, 15) is 5.11 Å². The van der Waals surface area contributed by atoms with E-state index in [0.29, 0.717) is 5.69 Å². The van der Waals surface area contributed by atoms with Gasteiger partial charge in [-0.05, 0) is 18.5 Å². The highest BCUT2D eigenvalue weighted by Crippen LogP contribution is 2.19. The van der Waals surface area contributed by atoms with Gasteiger partial charge in [0.1, 0.15) is 11.8 Å². The minimum Gasteiger partial charge on any atom is -0.382 e. The summed E-state index contributed by atoms with van der Waals surface area (Å²) in [4.78, 5) is 0. The Kier molecular flexibility index (Phi) is 2.55. The molecule has 1 unspecified atom stereocenters. The molecule has 0 aromatic carbocycles. The average molecular weight is 210 g/mol. The second-order valence-corrected chi connectivity index (χ2v) is 3.47. The van der Waals surface area contributed by atoms with Crippen molar-refractivity contribution in [3.05, 3.63) is 29.0 Å². The van der Waals surface area contributed by atoms with Crippen molar-refractivity contribution < 1.29 is 5.11 Å². The van der Waals surface area contributed by atoms with Gasteiger partial charge < -0.3 is 5.11 Å². The van der Waals surface area contributed by atoms with Crippen molar-refractivity contribution in [2.24, 2.45) is 0 Å². The maximum Gasteiger partial charge on any atom is 0.127 e. The first kappa shape index (κ1) is 9.29. The maximum atomic E-state index is 9.84. The van der Waals surface area contributed by atoms with E-state index in [1.54, 1.807) is 16.3 Å². The first-order chi connectivity index (χ1) is 6.81. The minimum absolute atomic E-state index is 0.575. The number of rotatable bonds is 3. The molecule has 14 heavy (non-hydrogen) atoms. The molecule has 0 fully saturated rings. The quantitative estimate of drug-likeness (QED) is 0.815. The van der Waals surface area contributed by atoms with Gasteiger partial charge in [-0.25, -0.2) is 0 Å². The standard InChI is InChI=1S/C8H10N4OS/c1-2-12-4-6(3-9-12)8(13)7-5-14-11-10-7/h3-5,8,13H,2H2,1H3. The Morgan fingerprint density at radius 2 is 2.50 bits per heavy atom. The van der Waals surface area contributed by atoms with Crippen LogP contribution in [0.2, 0.25) is 0 Å². The maximum absolute atomic E-state index is 9.84. The number of nitrogens with zero attached hydrogens (tertiary/aromatic N) is 4. The number of aliphatic hydroxyl groups is 1. The summed E-state index contributed by atoms with van der Waals surface area (Å²) in [5.41, 5.74) is 1.32. The first-order valence-electron chi connectivity index (χ1n) is 4.28. The lowest BCUT2D eigenvalue weighted by Crippen LogP contribution is -1.99. The van der Waals surface area contributed by atoms with Crippen LogP contribution < -0.4 is 0 Å². The highest BCUT2D eigenvalue weighted by molar-refractivity contribution is 7.03. The van der Waals surface area contributed by atoms with Crippen molar-refractivity contribution in [1.82, 2.24) is 19.4 Å². The molecule has 0 spiro atoms. The zero-order valence-electron chi connectivity index (χ0n) is 7.66. The van der Waals surface area contributed by atoms with Crippen LogP contribution in [0, 0.1) is 0 Å². The molecule has 0 aliphatic carbocycles. The van der Waals surface area contributed by atoms with E-state index in [1.807, 2.05) is 13.1 Å². The van der Waals surface area contributed by atoms with Crippen LogP contribution >= 0.6 is 11.5 Å². The fraction of sp³-hybridized carbons (Fsp3) is 0.375. The van der Waals surface area contributed by atoms with Gasteiger partial charge in [-0.15, -0.1) is 5.10 Å². The third kappa shape index (κ3) is 1.66. The lowest BCUT2D eigenvalue weighted by Gasteiger charge is -2.02. The molecule has 0 saturated carbocycles. The lowest BCUT2D eigenvalue weighted by molar-refractivity contribution is 0.215. The Hall–Kier alpha value is -1.27. The Labute approximate surface area is 85.2 Å². The van der Waals surface area contributed by atoms with E-state index >= 15 is 0 Å². The third-order valence-corrected chi connectivity index (χ3v) is 2.47. The van der Waals surface area contributed by atoms with Gasteiger partial charge in [-0.3, -0.25) is 4.68 Å². The van der Waals surface area contributed by atoms with Gasteiger partial charge >= 0.3 is 0 Å². The highest BCUT2D eigenvalue weighted by atomic mass is 32.1. The molecule has 0 aliphatic rings. The fourth-order valence-electron chi connectivity index (χ4n) is 1.16. The van der Waals surface area contributed by atoms with Crippen LogP contribution in [0.5, 0.6) is 0 Å². The summed E-state index contributed by atoms with van der Waals surface area (Å²) in [6.07, 6.45) is 2.74. The van der Waals surface area contributed by atoms with Gasteiger partial charge in [0.05, 0.1) is 6.20 Å². The number of hydrogen-bond acceptors (Lipinski definition) is 5. The van der Waals surface area contributed by atoms with E-state index in [2.05, 4.69) is 14.7 Å². The summed E-state index contributed by atoms with van der Waals surface area (Å²) in [5.74, 6) is 0. The summed E-state index contributed by atoms with van der Waals surface area (Å²) in [6.45, 7) is 2.79. The van der Waals surface area contributed by atoms with Crippen molar-refractivity contribution in [2.75, 3.05) is 0 Å². The topological polar surface area (TPSA) is 63.8 Å². The van der Waals surface area contributed by atoms with Crippen LogP contribution in [0.15, 0.2) is 17.8 Å². The molecule has 0 aliphatic heterocycles. The third-order valence-electron chi connectivity index (χ3n) is 1.95. The van der Waals surface area contributed by atoms with Crippen LogP contribution in [-0.2, 0) is 6.54 Å². The molecule has 1 atom stereocenters. The Bertz CT molecular complexity index is 397. The smallest absolute Gasteiger partial charge is 0.127 e. The molecule has 74 valence electrons. The molecule has 2 heterocycles. The van der Waals surface area contributed by atoms with Gasteiger partial charge in [0.25, 0.3) is 0 Å². The summed E-state index contributed by atoms with van der Waals surface area (Å²) < 4.78 is 5.46. The van der Waals surface area contributed by atoms with Gasteiger partial charge in [0.15, 0.2) is 0 Å². The molecule has 0 radical (unpaired) electrons. The molecule has 1 N–H and O–H groups in total. The SMILES string of the molecule is CCn1cc(C(O)c2csnn2)cn1. The molecule has 2 rings (SSSR count). The zero-order chi connectivity index (χ0) is 9.97. The zero-order valence-corrected chi connectivity index (χ0v) is 8.48. The molecular formula is C8H10N4OS. The number of aliphatic hydroxyl groups excluding tert-OH is 1. The van der Waals surface area contributed by atoms with Gasteiger partial charge in [0.2, 0.25) is 0 Å². The molecule has 0 amide bonds. The second kappa shape index (κ2) is 3.85. The van der Waals surface area contributed by atoms with Crippen LogP contribution in [0.1, 0.15) is 24.3 Å². The molecular weight excluding hydrogens is 200 g/mol. The van der Waals surface area contributed by atoms with Crippen molar-refractivity contribution in [2.45, 2.75) is 19.6 Å². The number of aromatic nitrogens is 4. The molecule has 2 aromatic heterocycles. The van der Waals surface area contributed by atoms with E-state index in [4.69, 9.17) is 0 Å². The minimum atomic E-state index is -0.714. The largest absolute Gasteiger partial charge is 0.382 e. The normalized spacial score (nSPS) is 13.0. The van der Waals surface area contributed by atoms with Crippen molar-refractivity contribution in [3.8, 4) is 0 Å². The predicted molar refractivity (Wildman–Crippen MR) is 51.9 cm³/mol. The highest BCUT2D eigenvalue weighted by Gasteiger charge is 2.14. The van der Waals surface area contributed by atoms with Crippen molar-refractivity contribution >= 4 is 11.5 Å². The van der Waals surface area contributed by atoms with Crippen molar-refractivity contribution in [1.29, 1.82) is 0 Å². The van der Waals surface area contributed by atoms with Gasteiger partial charge in [0, 0.05) is 23.7 Å². The Balaban J connectivity index is 2.23. The van der Waals surface area contributed by atoms with Gasteiger partial charge in [-0.2, -0.15) is 5.10 Å². The lowest BCUT2D eigenvalue weighted by atomic mass is 10.2. The number of hydrogen-bond donors (Lipinski definition) is 1. The molecule has 0 bridgehead atoms. The van der Waals surface area contributed by atoms with Crippen molar-refractivity contribution in [3.63, 3.8) is 0 Å². The summed E-state index contributed by atoms with van der Waals surface area (Å²) in [7, 11) is 0. The van der Waals surface area contributed by atoms with Crippen LogP contribution in [0.4, 0.5) is 0 Å². The monoisotopic (exact) mass is 210 g/mol. The van der Waals surface area contributed by atoms with Crippen LogP contribution in [-0.4, -0.2) is 24.5 Å². The Morgan fingerprint density at radius 3 is 3.07 bits per heavy atom. The van der Waals surface area contributed by atoms with Crippen LogP contribution in [0.25, 0.3) is 0 Å². The predicted octanol–water partition coefficient (Wildman–Crippen LogP) is 0.836.